The van der Waals surface area contributed by atoms with Gasteiger partial charge in [0.2, 0.25) is 5.91 Å². The number of amides is 1. The number of nitrogens with zero attached hydrogens (tertiary/aromatic N) is 1. The van der Waals surface area contributed by atoms with Crippen LogP contribution in [0.3, 0.4) is 0 Å². The topological polar surface area (TPSA) is 77.2 Å². The molecule has 1 aliphatic rings. The number of ether oxygens (including phenoxy) is 1. The van der Waals surface area contributed by atoms with E-state index in [1.54, 1.807) is 12.3 Å². The fourth-order valence-corrected chi connectivity index (χ4v) is 1.44. The molecule has 5 nitrogen and oxygen atoms in total. The maximum Gasteiger partial charge on any atom is 0.246 e. The number of anilines is 1. The van der Waals surface area contributed by atoms with E-state index in [-0.39, 0.29) is 18.6 Å². The minimum absolute atomic E-state index is 0.121. The molecule has 0 saturated carbocycles. The molecule has 0 spiro atoms. The maximum absolute atomic E-state index is 11.1. The van der Waals surface area contributed by atoms with Gasteiger partial charge in [-0.25, -0.2) is 4.98 Å². The van der Waals surface area contributed by atoms with Gasteiger partial charge in [0.05, 0.1) is 12.6 Å². The van der Waals surface area contributed by atoms with Crippen molar-refractivity contribution in [2.24, 2.45) is 0 Å². The Hall–Kier alpha value is -1.62. The van der Waals surface area contributed by atoms with Gasteiger partial charge in [-0.05, 0) is 6.07 Å². The van der Waals surface area contributed by atoms with E-state index in [0.29, 0.717) is 12.4 Å². The van der Waals surface area contributed by atoms with Crippen LogP contribution >= 0.6 is 0 Å². The highest BCUT2D eigenvalue weighted by Crippen LogP contribution is 2.19. The molecule has 14 heavy (non-hydrogen) atoms. The average Bonchev–Trinajstić information content (AvgIpc) is 2.18. The van der Waals surface area contributed by atoms with Crippen LogP contribution in [0.25, 0.3) is 0 Å². The molecule has 1 amide bonds. The number of nitrogens with two attached hydrogens (primary N) is 1. The molecule has 0 aliphatic carbocycles. The molecule has 2 heterocycles. The van der Waals surface area contributed by atoms with Crippen LogP contribution in [0, 0.1) is 0 Å². The number of rotatable bonds is 1. The first-order chi connectivity index (χ1) is 6.77. The molecule has 2 rings (SSSR count). The highest BCUT2D eigenvalue weighted by molar-refractivity contribution is 5.78. The van der Waals surface area contributed by atoms with Crippen molar-refractivity contribution >= 4 is 11.7 Å². The van der Waals surface area contributed by atoms with Gasteiger partial charge in [-0.15, -0.1) is 0 Å². The number of carbonyl (C=O) groups excluding carboxylic acids is 1. The van der Waals surface area contributed by atoms with Gasteiger partial charge in [0.1, 0.15) is 12.4 Å². The van der Waals surface area contributed by atoms with Crippen LogP contribution in [0.4, 0.5) is 5.82 Å². The molecule has 1 aromatic heterocycles. The van der Waals surface area contributed by atoms with Crippen molar-refractivity contribution in [2.45, 2.75) is 6.04 Å². The van der Waals surface area contributed by atoms with Crippen LogP contribution in [0.15, 0.2) is 18.3 Å². The largest absolute Gasteiger partial charge is 0.383 e. The van der Waals surface area contributed by atoms with E-state index in [1.165, 1.54) is 0 Å². The third-order valence-corrected chi connectivity index (χ3v) is 2.10. The number of nitrogens with one attached hydrogen (secondary N) is 1. The first kappa shape index (κ1) is 8.96. The van der Waals surface area contributed by atoms with Gasteiger partial charge in [0.15, 0.2) is 0 Å². The van der Waals surface area contributed by atoms with Gasteiger partial charge in [0, 0.05) is 11.8 Å². The van der Waals surface area contributed by atoms with Gasteiger partial charge in [-0.1, -0.05) is 6.07 Å². The number of aromatic nitrogens is 1. The molecule has 3 N–H and O–H groups in total. The highest BCUT2D eigenvalue weighted by Gasteiger charge is 2.21. The molecule has 1 fully saturated rings. The summed E-state index contributed by atoms with van der Waals surface area (Å²) in [7, 11) is 0. The standard InChI is InChI=1S/C9H11N3O2/c10-9-6(2-1-3-11-9)7-4-14-5-8(13)12-7/h1-3,7H,4-5H2,(H2,10,11)(H,12,13)/t7-/m0/s1. The molecule has 5 heteroatoms. The predicted molar refractivity (Wildman–Crippen MR) is 50.4 cm³/mol. The molecule has 0 aromatic carbocycles. The Morgan fingerprint density at radius 3 is 3.21 bits per heavy atom. The van der Waals surface area contributed by atoms with E-state index < -0.39 is 0 Å². The summed E-state index contributed by atoms with van der Waals surface area (Å²) in [4.78, 5) is 15.0. The zero-order valence-corrected chi connectivity index (χ0v) is 7.56. The van der Waals surface area contributed by atoms with E-state index in [0.717, 1.165) is 5.56 Å². The third kappa shape index (κ3) is 1.67. The first-order valence-electron chi connectivity index (χ1n) is 4.35. The van der Waals surface area contributed by atoms with Crippen LogP contribution in [-0.2, 0) is 9.53 Å². The molecule has 1 saturated heterocycles. The molecule has 0 bridgehead atoms. The van der Waals surface area contributed by atoms with Crippen molar-refractivity contribution < 1.29 is 9.53 Å². The second kappa shape index (κ2) is 3.63. The number of morpholine rings is 1. The van der Waals surface area contributed by atoms with Crippen molar-refractivity contribution in [3.05, 3.63) is 23.9 Å². The number of pyridine rings is 1. The molecule has 0 radical (unpaired) electrons. The van der Waals surface area contributed by atoms with Gasteiger partial charge in [-0.2, -0.15) is 0 Å². The van der Waals surface area contributed by atoms with E-state index in [4.69, 9.17) is 10.5 Å². The van der Waals surface area contributed by atoms with Gasteiger partial charge < -0.3 is 15.8 Å². The molecule has 1 aromatic rings. The number of nitrogen functional groups attached to an aromatic ring is 1. The lowest BCUT2D eigenvalue weighted by Gasteiger charge is -2.24. The summed E-state index contributed by atoms with van der Waals surface area (Å²) < 4.78 is 5.11. The Labute approximate surface area is 81.3 Å². The second-order valence-electron chi connectivity index (χ2n) is 3.11. The summed E-state index contributed by atoms with van der Waals surface area (Å²) in [5.74, 6) is 0.313. The minimum Gasteiger partial charge on any atom is -0.383 e. The molecule has 1 aliphatic heterocycles. The Balaban J connectivity index is 2.22. The smallest absolute Gasteiger partial charge is 0.246 e. The normalized spacial score (nSPS) is 21.7. The van der Waals surface area contributed by atoms with Crippen LogP contribution < -0.4 is 11.1 Å². The zero-order valence-electron chi connectivity index (χ0n) is 7.56. The van der Waals surface area contributed by atoms with Crippen molar-refractivity contribution in [1.82, 2.24) is 10.3 Å². The van der Waals surface area contributed by atoms with E-state index in [1.807, 2.05) is 6.07 Å². The van der Waals surface area contributed by atoms with E-state index in [9.17, 15) is 4.79 Å². The first-order valence-corrected chi connectivity index (χ1v) is 4.35. The van der Waals surface area contributed by atoms with Gasteiger partial charge in [0.25, 0.3) is 0 Å². The van der Waals surface area contributed by atoms with Crippen molar-refractivity contribution in [2.75, 3.05) is 18.9 Å². The predicted octanol–water partition coefficient (Wildman–Crippen LogP) is -0.149. The van der Waals surface area contributed by atoms with E-state index >= 15 is 0 Å². The molecular weight excluding hydrogens is 182 g/mol. The second-order valence-corrected chi connectivity index (χ2v) is 3.11. The van der Waals surface area contributed by atoms with Crippen LogP contribution in [0.1, 0.15) is 11.6 Å². The fraction of sp³-hybridized carbons (Fsp3) is 0.333. The lowest BCUT2D eigenvalue weighted by Crippen LogP contribution is -2.40. The van der Waals surface area contributed by atoms with E-state index in [2.05, 4.69) is 10.3 Å². The summed E-state index contributed by atoms with van der Waals surface area (Å²) in [6, 6.07) is 3.44. The average molecular weight is 193 g/mol. The lowest BCUT2D eigenvalue weighted by molar-refractivity contribution is -0.131. The Kier molecular flexibility index (Phi) is 2.32. The molecule has 1 atom stereocenters. The highest BCUT2D eigenvalue weighted by atomic mass is 16.5. The lowest BCUT2D eigenvalue weighted by atomic mass is 10.1. The molecular formula is C9H11N3O2. The van der Waals surface area contributed by atoms with Crippen LogP contribution in [-0.4, -0.2) is 24.1 Å². The number of hydrogen-bond acceptors (Lipinski definition) is 4. The summed E-state index contributed by atoms with van der Waals surface area (Å²) >= 11 is 0. The van der Waals surface area contributed by atoms with Crippen LogP contribution in [0.5, 0.6) is 0 Å². The number of hydrogen-bond donors (Lipinski definition) is 2. The summed E-state index contributed by atoms with van der Waals surface area (Å²) in [5, 5.41) is 2.79. The maximum atomic E-state index is 11.1. The van der Waals surface area contributed by atoms with Crippen LogP contribution in [0.2, 0.25) is 0 Å². The summed E-state index contributed by atoms with van der Waals surface area (Å²) in [6.45, 7) is 0.568. The minimum atomic E-state index is -0.176. The Morgan fingerprint density at radius 2 is 2.50 bits per heavy atom. The van der Waals surface area contributed by atoms with Gasteiger partial charge in [-0.3, -0.25) is 4.79 Å². The zero-order chi connectivity index (χ0) is 9.97. The third-order valence-electron chi connectivity index (χ3n) is 2.10. The molecule has 74 valence electrons. The van der Waals surface area contributed by atoms with Gasteiger partial charge >= 0.3 is 0 Å². The molecule has 0 unspecified atom stereocenters. The monoisotopic (exact) mass is 193 g/mol. The van der Waals surface area contributed by atoms with Crippen molar-refractivity contribution in [3.63, 3.8) is 0 Å². The SMILES string of the molecule is Nc1ncccc1[C@@H]1COCC(=O)N1. The fourth-order valence-electron chi connectivity index (χ4n) is 1.44. The Bertz CT molecular complexity index is 354. The summed E-state index contributed by atoms with van der Waals surface area (Å²) in [6.07, 6.45) is 1.62. The van der Waals surface area contributed by atoms with Crippen molar-refractivity contribution in [3.8, 4) is 0 Å². The van der Waals surface area contributed by atoms with Crippen molar-refractivity contribution in [1.29, 1.82) is 0 Å². The quantitative estimate of drug-likeness (QED) is 0.650. The Morgan fingerprint density at radius 1 is 1.64 bits per heavy atom. The number of carbonyl (C=O) groups is 1. The summed E-state index contributed by atoms with van der Waals surface area (Å²) in [5.41, 5.74) is 6.48.